The average Bonchev–Trinajstić information content (AvgIpc) is 1.63. The Hall–Kier alpha value is -4.25. The van der Waals surface area contributed by atoms with Crippen molar-refractivity contribution in [1.29, 1.82) is 0 Å². The van der Waals surface area contributed by atoms with Crippen LogP contribution < -0.4 is 28.7 Å². The van der Waals surface area contributed by atoms with Crippen LogP contribution in [0.2, 0.25) is 0 Å². The first-order valence-corrected chi connectivity index (χ1v) is 53.6. The number of hydrogen-bond acceptors (Lipinski definition) is 30. The molecule has 5 fully saturated rings. The highest BCUT2D eigenvalue weighted by atomic mass is 32.2. The summed E-state index contributed by atoms with van der Waals surface area (Å²) in [7, 11) is 8.94. The van der Waals surface area contributed by atoms with Gasteiger partial charge in [0.25, 0.3) is 0 Å². The van der Waals surface area contributed by atoms with Crippen LogP contribution in [0.3, 0.4) is 0 Å². The molecule has 15 heterocycles. The molecule has 30 heteroatoms. The van der Waals surface area contributed by atoms with Crippen molar-refractivity contribution >= 4 is 196 Å². The van der Waals surface area contributed by atoms with Crippen LogP contribution >= 0.6 is 115 Å². The minimum absolute atomic E-state index is 0.588. The molecule has 0 spiro atoms. The molecule has 10 aromatic heterocycles. The van der Waals surface area contributed by atoms with Gasteiger partial charge in [0.15, 0.2) is 25.8 Å². The molecular weight excluding hydrogens is 1660 g/mol. The predicted octanol–water partition coefficient (Wildman–Crippen LogP) is 19.8. The smallest absolute Gasteiger partial charge is 0.190 e. The second-order valence-electron chi connectivity index (χ2n) is 34.8. The number of thioether (sulfide) groups is 5. The molecule has 10 aliphatic rings. The number of fused-ring (bicyclic) bond motifs is 15. The fraction of sp³-hybridized carbons (Fsp3) is 0.659. The molecule has 6 unspecified atom stereocenters. The largest absolute Gasteiger partial charge is 0.383 e. The van der Waals surface area contributed by atoms with Gasteiger partial charge in [-0.25, -0.2) is 49.8 Å². The summed E-state index contributed by atoms with van der Waals surface area (Å²) in [5, 5.41) is 9.99. The molecule has 10 N–H and O–H groups in total. The van der Waals surface area contributed by atoms with E-state index in [1.807, 2.05) is 56.7 Å². The Morgan fingerprint density at radius 2 is 0.644 bits per heavy atom. The Balaban J connectivity index is 0.000000110. The highest BCUT2D eigenvalue weighted by molar-refractivity contribution is 8.00. The van der Waals surface area contributed by atoms with Crippen LogP contribution in [0, 0.1) is 5.92 Å². The summed E-state index contributed by atoms with van der Waals surface area (Å²) in [4.78, 5) is 72.5. The highest BCUT2D eigenvalue weighted by Gasteiger charge is 2.31. The zero-order valence-electron chi connectivity index (χ0n) is 70.7. The van der Waals surface area contributed by atoms with Crippen LogP contribution in [0.25, 0.3) is 51.1 Å². The predicted molar refractivity (Wildman–Crippen MR) is 511 cm³/mol. The molecule has 0 amide bonds. The van der Waals surface area contributed by atoms with Crippen LogP contribution in [0.5, 0.6) is 0 Å². The van der Waals surface area contributed by atoms with E-state index in [4.69, 9.17) is 53.6 Å². The van der Waals surface area contributed by atoms with Gasteiger partial charge in [0.2, 0.25) is 0 Å². The van der Waals surface area contributed by atoms with Gasteiger partial charge < -0.3 is 53.2 Å². The summed E-state index contributed by atoms with van der Waals surface area (Å²) >= 11 is 18.0. The molecule has 5 saturated heterocycles. The standard InChI is InChI=1S/C19H28N4S2.2C18H26N4S2.C17H24N4S2.C16H22N4S2/c20-17-16-14-8-3-1-4-9-15(14)25-18(16)22-19(21-17)24-13-7-12-23-10-5-2-6-11-23;1-11-5-3-7-13-14(11)15-16(19)20-18(21-17(15)24-13)23-10-8-12-6-4-9-22(12)2;1-11-5-6-13-14(10-11)24-17-15(13)16(19)20-18(21-17)23-9-7-12-4-3-8-22(12)2;1-21-9-4-5-11(21)8-10-22-17-19-15(18)14-12-6-2-3-7-13(12)23-16(14)20-17;1-20-8-3-4-10(20)7-9-21-16-18-14(17)13-11-5-2-6-12(11)22-15(13)19-16/h1-13H2,(H2,20,21,22);2*11-12H,3-10H2,1-2H3,(H2,19,20,21);11H,2-10H2,1H3,(H2,18,19,20);10H,2-9H2,1H3,(H2,17,18,19). The van der Waals surface area contributed by atoms with E-state index in [0.29, 0.717) is 35.0 Å². The number of nitrogens with zero attached hydrogens (tertiary/aromatic N) is 15. The van der Waals surface area contributed by atoms with Crippen LogP contribution in [-0.4, -0.2) is 201 Å². The van der Waals surface area contributed by atoms with E-state index < -0.39 is 0 Å². The number of nitrogen functional groups attached to an aromatic ring is 5. The van der Waals surface area contributed by atoms with E-state index in [-0.39, 0.29) is 0 Å². The minimum atomic E-state index is 0.588. The fourth-order valence-electron chi connectivity index (χ4n) is 19.8. The van der Waals surface area contributed by atoms with Crippen molar-refractivity contribution in [3.63, 3.8) is 0 Å². The van der Waals surface area contributed by atoms with Crippen molar-refractivity contribution in [2.45, 2.75) is 288 Å². The number of anilines is 5. The van der Waals surface area contributed by atoms with Gasteiger partial charge in [0, 0.05) is 77.3 Å². The third-order valence-electron chi connectivity index (χ3n) is 26.5. The fourth-order valence-corrected chi connectivity index (χ4v) is 31.0. The van der Waals surface area contributed by atoms with Gasteiger partial charge in [0.1, 0.15) is 53.2 Å². The summed E-state index contributed by atoms with van der Waals surface area (Å²) < 4.78 is 0. The number of hydrogen-bond donors (Lipinski definition) is 5. The molecule has 0 saturated carbocycles. The SMILES string of the molecule is CC1CCCc2sc3nc(SCCC4CCCN4C)nc(N)c3c21.CC1CCc2c(sc3nc(SCCC4CCCN4C)nc(N)c23)C1.CN1CCCC1CCSc1nc(N)c2c3c(sc2n1)CCC3.CN1CCCC1CCSc1nc(N)c2c3c(sc2n1)CCCC3.Nc1nc(SCCCN2CCCCC2)nc2sc3c(c12)CCCCC3. The van der Waals surface area contributed by atoms with Crippen molar-refractivity contribution < 1.29 is 0 Å². The Morgan fingerprint density at radius 1 is 0.314 bits per heavy atom. The van der Waals surface area contributed by atoms with Crippen molar-refractivity contribution in [1.82, 2.24) is 74.3 Å². The van der Waals surface area contributed by atoms with E-state index in [2.05, 4.69) is 91.5 Å². The first-order chi connectivity index (χ1) is 57.5. The van der Waals surface area contributed by atoms with Crippen molar-refractivity contribution in [2.75, 3.05) is 131 Å². The number of nitrogens with two attached hydrogens (primary N) is 5. The van der Waals surface area contributed by atoms with Crippen molar-refractivity contribution in [2.24, 2.45) is 5.92 Å². The molecule has 0 radical (unpaired) electrons. The number of aromatic nitrogens is 10. The molecule has 20 nitrogen and oxygen atoms in total. The number of thiophene rings is 5. The Morgan fingerprint density at radius 3 is 1.07 bits per heavy atom. The van der Waals surface area contributed by atoms with Gasteiger partial charge in [0.05, 0.1) is 26.9 Å². The molecule has 10 aromatic rings. The highest BCUT2D eigenvalue weighted by Crippen LogP contribution is 2.47. The van der Waals surface area contributed by atoms with E-state index in [0.717, 1.165) is 161 Å². The van der Waals surface area contributed by atoms with Gasteiger partial charge in [-0.05, 0) is 319 Å². The van der Waals surface area contributed by atoms with Gasteiger partial charge in [-0.1, -0.05) is 85.5 Å². The normalized spacial score (nSPS) is 22.4. The van der Waals surface area contributed by atoms with Gasteiger partial charge in [-0.3, -0.25) is 0 Å². The van der Waals surface area contributed by atoms with E-state index in [9.17, 15) is 0 Å². The van der Waals surface area contributed by atoms with Crippen LogP contribution in [0.15, 0.2) is 25.8 Å². The van der Waals surface area contributed by atoms with Gasteiger partial charge in [-0.15, -0.1) is 56.7 Å². The molecule has 5 aliphatic heterocycles. The Bertz CT molecular complexity index is 5050. The number of aryl methyl sites for hydroxylation is 8. The lowest BCUT2D eigenvalue weighted by molar-refractivity contribution is 0.230. The summed E-state index contributed by atoms with van der Waals surface area (Å²) in [6.45, 7) is 13.4. The van der Waals surface area contributed by atoms with Crippen LogP contribution in [0.4, 0.5) is 29.1 Å². The third kappa shape index (κ3) is 21.1. The van der Waals surface area contributed by atoms with Crippen molar-refractivity contribution in [3.8, 4) is 0 Å². The lowest BCUT2D eigenvalue weighted by Crippen LogP contribution is -2.30. The zero-order chi connectivity index (χ0) is 81.3. The number of piperidine rings is 1. The summed E-state index contributed by atoms with van der Waals surface area (Å²) in [6, 6.07) is 2.93. The second kappa shape index (κ2) is 41.3. The quantitative estimate of drug-likeness (QED) is 0.0193. The third-order valence-corrected chi connectivity index (χ3v) is 36.9. The first-order valence-electron chi connectivity index (χ1n) is 44.6. The lowest BCUT2D eigenvalue weighted by Gasteiger charge is -2.26. The van der Waals surface area contributed by atoms with Gasteiger partial charge in [-0.2, -0.15) is 0 Å². The monoisotopic (exact) mass is 1780 g/mol. The average molecular weight is 1780 g/mol. The van der Waals surface area contributed by atoms with Gasteiger partial charge >= 0.3 is 0 Å². The number of likely N-dealkylation sites (tertiary alicyclic amines) is 5. The summed E-state index contributed by atoms with van der Waals surface area (Å²) in [6.07, 6.45) is 42.8. The zero-order valence-corrected chi connectivity index (χ0v) is 78.8. The van der Waals surface area contributed by atoms with E-state index in [1.165, 1.54) is 291 Å². The first kappa shape index (κ1) is 87.2. The lowest BCUT2D eigenvalue weighted by atomic mass is 9.87. The molecule has 0 aromatic carbocycles. The maximum absolute atomic E-state index is 6.34. The molecule has 6 atom stereocenters. The van der Waals surface area contributed by atoms with Crippen LogP contribution in [-0.2, 0) is 57.8 Å². The second-order valence-corrected chi connectivity index (χ2v) is 45.6. The van der Waals surface area contributed by atoms with E-state index in [1.54, 1.807) is 58.8 Å². The molecule has 5 aliphatic carbocycles. The van der Waals surface area contributed by atoms with Crippen molar-refractivity contribution in [3.05, 3.63) is 52.2 Å². The Labute approximate surface area is 741 Å². The molecule has 638 valence electrons. The van der Waals surface area contributed by atoms with Crippen LogP contribution in [0.1, 0.15) is 232 Å². The maximum atomic E-state index is 6.34. The summed E-state index contributed by atoms with van der Waals surface area (Å²) in [5.41, 5.74) is 38.6. The molecular formula is C88H126N20S10. The summed E-state index contributed by atoms with van der Waals surface area (Å²) in [5.74, 6) is 10.2. The molecule has 118 heavy (non-hydrogen) atoms. The minimum Gasteiger partial charge on any atom is -0.383 e. The maximum Gasteiger partial charge on any atom is 0.190 e. The Kier molecular flexibility index (Phi) is 30.5. The number of rotatable bonds is 21. The molecule has 0 bridgehead atoms. The molecule has 20 rings (SSSR count). The van der Waals surface area contributed by atoms with E-state index >= 15 is 0 Å². The topological polar surface area (TPSA) is 275 Å².